The fourth-order valence-corrected chi connectivity index (χ4v) is 3.09. The van der Waals surface area contributed by atoms with Gasteiger partial charge in [0.1, 0.15) is 11.0 Å². The van der Waals surface area contributed by atoms with Crippen LogP contribution in [0.1, 0.15) is 22.5 Å². The highest BCUT2D eigenvalue weighted by Crippen LogP contribution is 2.16. The zero-order valence-electron chi connectivity index (χ0n) is 14.0. The van der Waals surface area contributed by atoms with Crippen LogP contribution in [0, 0.1) is 0 Å². The lowest BCUT2D eigenvalue weighted by atomic mass is 10.1. The van der Waals surface area contributed by atoms with Crippen molar-refractivity contribution in [2.24, 2.45) is 0 Å². The second-order valence-corrected chi connectivity index (χ2v) is 6.21. The van der Waals surface area contributed by atoms with Crippen molar-refractivity contribution >= 4 is 16.9 Å². The van der Waals surface area contributed by atoms with Crippen LogP contribution in [-0.2, 0) is 11.2 Å². The molecule has 9 nitrogen and oxygen atoms in total. The number of hydrogen-bond acceptors (Lipinski definition) is 6. The highest BCUT2D eigenvalue weighted by atomic mass is 16.5. The molecule has 3 aromatic rings. The van der Waals surface area contributed by atoms with Gasteiger partial charge in [0, 0.05) is 30.4 Å². The number of H-pyrrole nitrogens is 2. The van der Waals surface area contributed by atoms with Gasteiger partial charge in [0.25, 0.3) is 11.5 Å². The quantitative estimate of drug-likeness (QED) is 0.705. The summed E-state index contributed by atoms with van der Waals surface area (Å²) in [5.74, 6) is -0.0440. The molecule has 1 fully saturated rings. The molecular weight excluding hydrogens is 336 g/mol. The Labute approximate surface area is 148 Å². The van der Waals surface area contributed by atoms with Gasteiger partial charge in [0.05, 0.1) is 19.0 Å². The number of amides is 1. The molecule has 9 heteroatoms. The zero-order chi connectivity index (χ0) is 17.9. The van der Waals surface area contributed by atoms with Gasteiger partial charge < -0.3 is 14.6 Å². The van der Waals surface area contributed by atoms with Gasteiger partial charge in [-0.2, -0.15) is 15.4 Å². The maximum atomic E-state index is 12.8. The predicted octanol–water partition coefficient (Wildman–Crippen LogP) is 0.515. The Kier molecular flexibility index (Phi) is 4.44. The first-order valence-electron chi connectivity index (χ1n) is 8.44. The van der Waals surface area contributed by atoms with Crippen LogP contribution in [0.3, 0.4) is 0 Å². The van der Waals surface area contributed by atoms with Gasteiger partial charge in [-0.25, -0.2) is 4.98 Å². The van der Waals surface area contributed by atoms with Crippen LogP contribution in [0.25, 0.3) is 11.0 Å². The number of aromatic amines is 2. The van der Waals surface area contributed by atoms with Crippen molar-refractivity contribution in [3.8, 4) is 0 Å². The Morgan fingerprint density at radius 1 is 1.27 bits per heavy atom. The number of aryl methyl sites for hydroxylation is 1. The average Bonchev–Trinajstić information content (AvgIpc) is 3.14. The van der Waals surface area contributed by atoms with Gasteiger partial charge in [-0.1, -0.05) is 0 Å². The Bertz CT molecular complexity index is 982. The average molecular weight is 354 g/mol. The van der Waals surface area contributed by atoms with E-state index in [4.69, 9.17) is 4.74 Å². The number of hydrogen-bond donors (Lipinski definition) is 2. The van der Waals surface area contributed by atoms with Crippen LogP contribution in [0.4, 0.5) is 0 Å². The summed E-state index contributed by atoms with van der Waals surface area (Å²) in [4.78, 5) is 32.5. The van der Waals surface area contributed by atoms with Gasteiger partial charge in [0.15, 0.2) is 0 Å². The molecule has 4 rings (SSSR count). The van der Waals surface area contributed by atoms with E-state index in [2.05, 4.69) is 25.4 Å². The molecule has 2 N–H and O–H groups in total. The Balaban J connectivity index is 1.40. The van der Waals surface area contributed by atoms with Crippen molar-refractivity contribution < 1.29 is 9.53 Å². The van der Waals surface area contributed by atoms with E-state index in [9.17, 15) is 9.59 Å². The van der Waals surface area contributed by atoms with Crippen LogP contribution in [0.15, 0.2) is 35.4 Å². The molecule has 26 heavy (non-hydrogen) atoms. The van der Waals surface area contributed by atoms with Crippen LogP contribution >= 0.6 is 0 Å². The van der Waals surface area contributed by atoms with Crippen molar-refractivity contribution in [3.63, 3.8) is 0 Å². The van der Waals surface area contributed by atoms with E-state index in [-0.39, 0.29) is 17.6 Å². The third kappa shape index (κ3) is 3.47. The molecular formula is C17H18N6O3. The molecule has 0 radical (unpaired) electrons. The van der Waals surface area contributed by atoms with Gasteiger partial charge in [0.2, 0.25) is 0 Å². The first-order chi connectivity index (χ1) is 12.7. The molecule has 0 spiro atoms. The van der Waals surface area contributed by atoms with Crippen molar-refractivity contribution in [1.82, 2.24) is 30.3 Å². The van der Waals surface area contributed by atoms with E-state index in [0.717, 1.165) is 11.2 Å². The Morgan fingerprint density at radius 2 is 2.15 bits per heavy atom. The van der Waals surface area contributed by atoms with E-state index in [1.807, 2.05) is 0 Å². The number of benzene rings is 1. The molecule has 1 atom stereocenters. The van der Waals surface area contributed by atoms with E-state index < -0.39 is 0 Å². The maximum Gasteiger partial charge on any atom is 0.254 e. The number of morpholine rings is 1. The molecule has 0 aliphatic carbocycles. The fourth-order valence-electron chi connectivity index (χ4n) is 3.09. The number of nitrogens with one attached hydrogen (secondary N) is 2. The van der Waals surface area contributed by atoms with Gasteiger partial charge in [-0.05, 0) is 31.0 Å². The predicted molar refractivity (Wildman–Crippen MR) is 92.7 cm³/mol. The Hall–Kier alpha value is -3.07. The normalized spacial score (nSPS) is 17.5. The monoisotopic (exact) mass is 354 g/mol. The summed E-state index contributed by atoms with van der Waals surface area (Å²) >= 11 is 0. The van der Waals surface area contributed by atoms with Crippen molar-refractivity contribution in [2.75, 3.05) is 19.7 Å². The number of ether oxygens (including phenoxy) is 1. The Morgan fingerprint density at radius 3 is 3.04 bits per heavy atom. The number of rotatable bonds is 4. The minimum absolute atomic E-state index is 0.0440. The zero-order valence-corrected chi connectivity index (χ0v) is 14.0. The molecule has 0 bridgehead atoms. The summed E-state index contributed by atoms with van der Waals surface area (Å²) in [7, 11) is 0. The molecule has 1 saturated heterocycles. The van der Waals surface area contributed by atoms with Crippen LogP contribution in [-0.4, -0.2) is 62.0 Å². The molecule has 1 aliphatic rings. The fraction of sp³-hybridized carbons (Fsp3) is 0.353. The van der Waals surface area contributed by atoms with E-state index >= 15 is 0 Å². The first kappa shape index (κ1) is 16.4. The molecule has 0 saturated carbocycles. The molecule has 1 aliphatic heterocycles. The lowest BCUT2D eigenvalue weighted by molar-refractivity contribution is -0.0246. The van der Waals surface area contributed by atoms with Crippen LogP contribution in [0.5, 0.6) is 0 Å². The second-order valence-electron chi connectivity index (χ2n) is 6.21. The number of fused-ring (bicyclic) bond motifs is 1. The minimum atomic E-state index is -0.167. The summed E-state index contributed by atoms with van der Waals surface area (Å²) in [5, 5.41) is 10.6. The van der Waals surface area contributed by atoms with Crippen molar-refractivity contribution in [3.05, 3.63) is 52.2 Å². The lowest BCUT2D eigenvalue weighted by Gasteiger charge is -2.33. The first-order valence-corrected chi connectivity index (χ1v) is 8.44. The van der Waals surface area contributed by atoms with Crippen LogP contribution in [0.2, 0.25) is 0 Å². The van der Waals surface area contributed by atoms with Gasteiger partial charge in [-0.15, -0.1) is 0 Å². The van der Waals surface area contributed by atoms with E-state index in [1.54, 1.807) is 23.1 Å². The van der Waals surface area contributed by atoms with Gasteiger partial charge >= 0.3 is 0 Å². The summed E-state index contributed by atoms with van der Waals surface area (Å²) in [6.45, 7) is 1.56. The minimum Gasteiger partial charge on any atom is -0.375 e. The standard InChI is InChI=1S/C17H18N6O3/c24-16-8-12(18-10-19-16)2-3-13-9-23(5-6-26-13)17(25)11-1-4-14-15(7-11)21-22-20-14/h1,4,7-8,10,13H,2-3,5-6,9H2,(H,18,19,24)(H,20,21,22)/t13-/m1/s1. The summed E-state index contributed by atoms with van der Waals surface area (Å²) in [6.07, 6.45) is 2.64. The number of nitrogens with zero attached hydrogens (tertiary/aromatic N) is 4. The SMILES string of the molecule is O=C(c1ccc2n[nH]nc2c1)N1CCO[C@H](CCc2cc(=O)[nH]cn2)C1. The van der Waals surface area contributed by atoms with E-state index in [1.165, 1.54) is 12.4 Å². The highest BCUT2D eigenvalue weighted by molar-refractivity contribution is 5.97. The van der Waals surface area contributed by atoms with Gasteiger partial charge in [-0.3, -0.25) is 9.59 Å². The van der Waals surface area contributed by atoms with Crippen molar-refractivity contribution in [2.45, 2.75) is 18.9 Å². The molecule has 134 valence electrons. The number of carbonyl (C=O) groups excluding carboxylic acids is 1. The third-order valence-electron chi connectivity index (χ3n) is 4.45. The highest BCUT2D eigenvalue weighted by Gasteiger charge is 2.25. The summed E-state index contributed by atoms with van der Waals surface area (Å²) < 4.78 is 5.77. The molecule has 2 aromatic heterocycles. The molecule has 0 unspecified atom stereocenters. The number of carbonyl (C=O) groups is 1. The molecule has 1 amide bonds. The smallest absolute Gasteiger partial charge is 0.254 e. The summed E-state index contributed by atoms with van der Waals surface area (Å²) in [6, 6.07) is 6.77. The topological polar surface area (TPSA) is 117 Å². The lowest BCUT2D eigenvalue weighted by Crippen LogP contribution is -2.45. The third-order valence-corrected chi connectivity index (χ3v) is 4.45. The largest absolute Gasteiger partial charge is 0.375 e. The van der Waals surface area contributed by atoms with Crippen molar-refractivity contribution in [1.29, 1.82) is 0 Å². The molecule has 3 heterocycles. The van der Waals surface area contributed by atoms with Crippen LogP contribution < -0.4 is 5.56 Å². The molecule has 1 aromatic carbocycles. The number of aromatic nitrogens is 5. The van der Waals surface area contributed by atoms with E-state index in [0.29, 0.717) is 43.6 Å². The maximum absolute atomic E-state index is 12.8. The second kappa shape index (κ2) is 7.04. The summed E-state index contributed by atoms with van der Waals surface area (Å²) in [5.41, 5.74) is 2.54.